The summed E-state index contributed by atoms with van der Waals surface area (Å²) in [5, 5.41) is 7.11. The predicted octanol–water partition coefficient (Wildman–Crippen LogP) is 1.68. The number of nitrogens with one attached hydrogen (secondary N) is 1. The van der Waals surface area contributed by atoms with Crippen LogP contribution < -0.4 is 14.8 Å². The molecule has 0 spiro atoms. The number of methoxy groups -OCH3 is 2. The Bertz CT molecular complexity index is 627. The molecule has 0 unspecified atom stereocenters. The van der Waals surface area contributed by atoms with Crippen molar-refractivity contribution < 1.29 is 14.3 Å². The monoisotopic (exact) mass is 289 g/mol. The number of carbonyl (C=O) groups is 1. The molecule has 1 amide bonds. The molecule has 0 bridgehead atoms. The molecule has 6 heteroatoms. The van der Waals surface area contributed by atoms with E-state index in [4.69, 9.17) is 9.47 Å². The van der Waals surface area contributed by atoms with Crippen molar-refractivity contribution in [3.63, 3.8) is 0 Å². The summed E-state index contributed by atoms with van der Waals surface area (Å²) in [6, 6.07) is 5.07. The summed E-state index contributed by atoms with van der Waals surface area (Å²) < 4.78 is 12.0. The maximum atomic E-state index is 12.2. The smallest absolute Gasteiger partial charge is 0.251 e. The van der Waals surface area contributed by atoms with E-state index in [1.165, 1.54) is 0 Å². The van der Waals surface area contributed by atoms with Gasteiger partial charge in [-0.05, 0) is 19.1 Å². The summed E-state index contributed by atoms with van der Waals surface area (Å²) in [5.41, 5.74) is 2.38. The molecule has 0 aliphatic carbocycles. The topological polar surface area (TPSA) is 65.4 Å². The van der Waals surface area contributed by atoms with Gasteiger partial charge in [0.2, 0.25) is 0 Å². The molecule has 2 rings (SSSR count). The van der Waals surface area contributed by atoms with E-state index >= 15 is 0 Å². The highest BCUT2D eigenvalue weighted by Gasteiger charge is 2.11. The van der Waals surface area contributed by atoms with E-state index in [9.17, 15) is 4.79 Å². The van der Waals surface area contributed by atoms with Crippen LogP contribution in [0.2, 0.25) is 0 Å². The molecule has 21 heavy (non-hydrogen) atoms. The summed E-state index contributed by atoms with van der Waals surface area (Å²) >= 11 is 0. The molecule has 1 aromatic heterocycles. The van der Waals surface area contributed by atoms with E-state index in [1.807, 2.05) is 20.2 Å². The number of benzene rings is 1. The van der Waals surface area contributed by atoms with E-state index in [2.05, 4.69) is 10.4 Å². The first-order chi connectivity index (χ1) is 10.0. The summed E-state index contributed by atoms with van der Waals surface area (Å²) in [6.45, 7) is 2.34. The molecule has 0 atom stereocenters. The first kappa shape index (κ1) is 14.9. The van der Waals surface area contributed by atoms with E-state index < -0.39 is 0 Å². The van der Waals surface area contributed by atoms with Gasteiger partial charge in [0, 0.05) is 37.0 Å². The highest BCUT2D eigenvalue weighted by atomic mass is 16.5. The number of aryl methyl sites for hydroxylation is 2. The fraction of sp³-hybridized carbons (Fsp3) is 0.333. The summed E-state index contributed by atoms with van der Waals surface area (Å²) in [5.74, 6) is 0.976. The molecule has 0 saturated heterocycles. The van der Waals surface area contributed by atoms with Gasteiger partial charge in [-0.2, -0.15) is 5.10 Å². The third kappa shape index (κ3) is 3.53. The molecular formula is C15H19N3O3. The van der Waals surface area contributed by atoms with Crippen molar-refractivity contribution in [2.24, 2.45) is 7.05 Å². The molecule has 2 aromatic rings. The van der Waals surface area contributed by atoms with Crippen LogP contribution in [0.1, 0.15) is 21.6 Å². The zero-order valence-corrected chi connectivity index (χ0v) is 12.6. The van der Waals surface area contributed by atoms with Gasteiger partial charge in [-0.25, -0.2) is 0 Å². The van der Waals surface area contributed by atoms with Gasteiger partial charge < -0.3 is 14.8 Å². The van der Waals surface area contributed by atoms with Crippen LogP contribution >= 0.6 is 0 Å². The number of hydrogen-bond donors (Lipinski definition) is 1. The largest absolute Gasteiger partial charge is 0.497 e. The van der Waals surface area contributed by atoms with Crippen molar-refractivity contribution >= 4 is 5.91 Å². The van der Waals surface area contributed by atoms with Crippen LogP contribution in [0.3, 0.4) is 0 Å². The van der Waals surface area contributed by atoms with Gasteiger partial charge >= 0.3 is 0 Å². The fourth-order valence-electron chi connectivity index (χ4n) is 2.04. The van der Waals surface area contributed by atoms with Gasteiger partial charge in [-0.3, -0.25) is 9.48 Å². The average molecular weight is 289 g/mol. The van der Waals surface area contributed by atoms with Gasteiger partial charge in [-0.15, -0.1) is 0 Å². The fourth-order valence-corrected chi connectivity index (χ4v) is 2.04. The lowest BCUT2D eigenvalue weighted by Crippen LogP contribution is -2.23. The first-order valence-electron chi connectivity index (χ1n) is 6.54. The molecule has 112 valence electrons. The van der Waals surface area contributed by atoms with Crippen molar-refractivity contribution in [3.8, 4) is 11.5 Å². The van der Waals surface area contributed by atoms with Crippen molar-refractivity contribution in [1.82, 2.24) is 15.1 Å². The zero-order chi connectivity index (χ0) is 15.4. The second kappa shape index (κ2) is 6.30. The highest BCUT2D eigenvalue weighted by molar-refractivity contribution is 5.95. The Morgan fingerprint density at radius 2 is 1.86 bits per heavy atom. The molecule has 0 fully saturated rings. The number of aromatic nitrogens is 2. The number of carbonyl (C=O) groups excluding carboxylic acids is 1. The summed E-state index contributed by atoms with van der Waals surface area (Å²) in [6.07, 6.45) is 1.89. The standard InChI is InChI=1S/C15H19N3O3/c1-10-12(9-18(2)17-10)8-16-15(19)11-5-13(20-3)7-14(6-11)21-4/h5-7,9H,8H2,1-4H3,(H,16,19). The molecule has 0 saturated carbocycles. The Morgan fingerprint density at radius 1 is 1.24 bits per heavy atom. The normalized spacial score (nSPS) is 10.3. The third-order valence-corrected chi connectivity index (χ3v) is 3.17. The van der Waals surface area contributed by atoms with Crippen molar-refractivity contribution in [2.75, 3.05) is 14.2 Å². The average Bonchev–Trinajstić information content (AvgIpc) is 2.81. The molecule has 0 aliphatic heterocycles. The van der Waals surface area contributed by atoms with E-state index in [0.717, 1.165) is 11.3 Å². The molecule has 0 aliphatic rings. The number of ether oxygens (including phenoxy) is 2. The lowest BCUT2D eigenvalue weighted by Gasteiger charge is -2.09. The summed E-state index contributed by atoms with van der Waals surface area (Å²) in [4.78, 5) is 12.2. The number of nitrogens with zero attached hydrogens (tertiary/aromatic N) is 2. The lowest BCUT2D eigenvalue weighted by atomic mass is 10.1. The van der Waals surface area contributed by atoms with E-state index in [1.54, 1.807) is 37.1 Å². The van der Waals surface area contributed by atoms with Crippen LogP contribution in [0.4, 0.5) is 0 Å². The molecule has 1 N–H and O–H groups in total. The minimum atomic E-state index is -0.185. The maximum Gasteiger partial charge on any atom is 0.251 e. The van der Waals surface area contributed by atoms with Crippen molar-refractivity contribution in [3.05, 3.63) is 41.2 Å². The number of amides is 1. The van der Waals surface area contributed by atoms with Crippen LogP contribution in [0.15, 0.2) is 24.4 Å². The van der Waals surface area contributed by atoms with Crippen LogP contribution in [-0.2, 0) is 13.6 Å². The van der Waals surface area contributed by atoms with Crippen LogP contribution in [0.5, 0.6) is 11.5 Å². The second-order valence-electron chi connectivity index (χ2n) is 4.70. The zero-order valence-electron chi connectivity index (χ0n) is 12.6. The Hall–Kier alpha value is -2.50. The van der Waals surface area contributed by atoms with E-state index in [0.29, 0.717) is 23.6 Å². The van der Waals surface area contributed by atoms with Gasteiger partial charge in [0.25, 0.3) is 5.91 Å². The van der Waals surface area contributed by atoms with Gasteiger partial charge in [0.05, 0.1) is 19.9 Å². The highest BCUT2D eigenvalue weighted by Crippen LogP contribution is 2.22. The molecule has 6 nitrogen and oxygen atoms in total. The lowest BCUT2D eigenvalue weighted by molar-refractivity contribution is 0.0950. The summed E-state index contributed by atoms with van der Waals surface area (Å²) in [7, 11) is 4.95. The molecule has 1 heterocycles. The number of hydrogen-bond acceptors (Lipinski definition) is 4. The van der Waals surface area contributed by atoms with Gasteiger partial charge in [-0.1, -0.05) is 0 Å². The van der Waals surface area contributed by atoms with Gasteiger partial charge in [0.1, 0.15) is 11.5 Å². The first-order valence-corrected chi connectivity index (χ1v) is 6.54. The Kier molecular flexibility index (Phi) is 4.47. The maximum absolute atomic E-state index is 12.2. The Balaban J connectivity index is 2.11. The molecule has 0 radical (unpaired) electrons. The Morgan fingerprint density at radius 3 is 2.33 bits per heavy atom. The van der Waals surface area contributed by atoms with E-state index in [-0.39, 0.29) is 5.91 Å². The number of rotatable bonds is 5. The van der Waals surface area contributed by atoms with Crippen molar-refractivity contribution in [1.29, 1.82) is 0 Å². The Labute approximate surface area is 123 Å². The third-order valence-electron chi connectivity index (χ3n) is 3.17. The van der Waals surface area contributed by atoms with Crippen molar-refractivity contribution in [2.45, 2.75) is 13.5 Å². The quantitative estimate of drug-likeness (QED) is 0.909. The minimum absolute atomic E-state index is 0.185. The molecular weight excluding hydrogens is 270 g/mol. The predicted molar refractivity (Wildman–Crippen MR) is 78.7 cm³/mol. The van der Waals surface area contributed by atoms with Gasteiger partial charge in [0.15, 0.2) is 0 Å². The van der Waals surface area contributed by atoms with Crippen LogP contribution in [-0.4, -0.2) is 29.9 Å². The van der Waals surface area contributed by atoms with Crippen LogP contribution in [0, 0.1) is 6.92 Å². The SMILES string of the molecule is COc1cc(OC)cc(C(=O)NCc2cn(C)nc2C)c1. The second-order valence-corrected chi connectivity index (χ2v) is 4.70. The minimum Gasteiger partial charge on any atom is -0.497 e. The molecule has 1 aromatic carbocycles. The van der Waals surface area contributed by atoms with Crippen LogP contribution in [0.25, 0.3) is 0 Å².